The van der Waals surface area contributed by atoms with E-state index >= 15 is 0 Å². The molecule has 0 spiro atoms. The van der Waals surface area contributed by atoms with Gasteiger partial charge in [0.05, 0.1) is 14.3 Å². The van der Waals surface area contributed by atoms with Gasteiger partial charge >= 0.3 is 0 Å². The van der Waals surface area contributed by atoms with Crippen LogP contribution in [-0.2, 0) is 17.5 Å². The minimum atomic E-state index is -1.25. The average molecular weight is 286 g/mol. The highest BCUT2D eigenvalue weighted by Gasteiger charge is 2.26. The third-order valence-electron chi connectivity index (χ3n) is 2.00. The van der Waals surface area contributed by atoms with E-state index in [2.05, 4.69) is 34.4 Å². The standard InChI is InChI=1S/C11H22N4OSSi/c1-11(2,3)17(16)12-7-10-8-15(14-13-10)9-18(4,5)6/h7-8H,9H2,1-6H3. The summed E-state index contributed by atoms with van der Waals surface area (Å²) in [5.41, 5.74) is 0.658. The average Bonchev–Trinajstić information content (AvgIpc) is 2.57. The Balaban J connectivity index is 2.67. The topological polar surface area (TPSA) is 66.1 Å². The molecule has 1 unspecified atom stereocenters. The van der Waals surface area contributed by atoms with Gasteiger partial charge in [-0.15, -0.1) is 5.10 Å². The molecule has 0 N–H and O–H groups in total. The van der Waals surface area contributed by atoms with Gasteiger partial charge in [-0.1, -0.05) is 29.3 Å². The molecule has 1 aromatic rings. The van der Waals surface area contributed by atoms with E-state index in [1.807, 2.05) is 31.6 Å². The van der Waals surface area contributed by atoms with Gasteiger partial charge in [0.1, 0.15) is 28.0 Å². The quantitative estimate of drug-likeness (QED) is 0.483. The Morgan fingerprint density at radius 2 is 2.06 bits per heavy atom. The fraction of sp³-hybridized carbons (Fsp3) is 0.727. The summed E-state index contributed by atoms with van der Waals surface area (Å²) < 4.78 is 17.3. The molecule has 7 heteroatoms. The molecule has 0 saturated heterocycles. The van der Waals surface area contributed by atoms with Gasteiger partial charge in [0.2, 0.25) is 0 Å². The Bertz CT molecular complexity index is 419. The SMILES string of the molecule is CC(C)(C)[S+]([O-])N=Cc1cn(C[Si](C)(C)C)nn1. The predicted octanol–water partition coefficient (Wildman–Crippen LogP) is 2.04. The Hall–Kier alpha value is -0.663. The molecule has 102 valence electrons. The van der Waals surface area contributed by atoms with Crippen molar-refractivity contribution in [3.63, 3.8) is 0 Å². The molecule has 18 heavy (non-hydrogen) atoms. The fourth-order valence-electron chi connectivity index (χ4n) is 1.20. The van der Waals surface area contributed by atoms with Crippen LogP contribution in [0.4, 0.5) is 0 Å². The van der Waals surface area contributed by atoms with E-state index < -0.39 is 19.4 Å². The minimum absolute atomic E-state index is 0.342. The maximum Gasteiger partial charge on any atom is 0.144 e. The molecular formula is C11H22N4OSSi. The molecule has 0 radical (unpaired) electrons. The molecule has 0 aliphatic rings. The largest absolute Gasteiger partial charge is 0.591 e. The first-order chi connectivity index (χ1) is 8.08. The first-order valence-electron chi connectivity index (χ1n) is 5.94. The Morgan fingerprint density at radius 1 is 1.44 bits per heavy atom. The van der Waals surface area contributed by atoms with Crippen molar-refractivity contribution in [3.8, 4) is 0 Å². The fourth-order valence-corrected chi connectivity index (χ4v) is 2.84. The maximum absolute atomic E-state index is 11.7. The van der Waals surface area contributed by atoms with Gasteiger partial charge in [0, 0.05) is 6.17 Å². The first kappa shape index (κ1) is 15.4. The van der Waals surface area contributed by atoms with Crippen LogP contribution < -0.4 is 0 Å². The lowest BCUT2D eigenvalue weighted by Crippen LogP contribution is -2.28. The summed E-state index contributed by atoms with van der Waals surface area (Å²) in [5, 5.41) is 8.06. The van der Waals surface area contributed by atoms with Crippen LogP contribution in [0.3, 0.4) is 0 Å². The number of hydrogen-bond acceptors (Lipinski definition) is 4. The Kier molecular flexibility index (Phi) is 4.74. The van der Waals surface area contributed by atoms with Crippen molar-refractivity contribution >= 4 is 25.7 Å². The zero-order valence-electron chi connectivity index (χ0n) is 12.0. The molecular weight excluding hydrogens is 264 g/mol. The number of rotatable bonds is 4. The van der Waals surface area contributed by atoms with Gasteiger partial charge in [-0.05, 0) is 20.8 Å². The molecule has 0 fully saturated rings. The number of hydrogen-bond donors (Lipinski definition) is 0. The van der Waals surface area contributed by atoms with Crippen LogP contribution in [0.1, 0.15) is 26.5 Å². The highest BCUT2D eigenvalue weighted by atomic mass is 32.2. The third kappa shape index (κ3) is 5.32. The molecule has 0 saturated carbocycles. The highest BCUT2D eigenvalue weighted by molar-refractivity contribution is 7.91. The van der Waals surface area contributed by atoms with Crippen molar-refractivity contribution in [2.45, 2.75) is 51.3 Å². The van der Waals surface area contributed by atoms with Gasteiger partial charge in [0.15, 0.2) is 0 Å². The van der Waals surface area contributed by atoms with Crippen molar-refractivity contribution in [2.24, 2.45) is 4.40 Å². The molecule has 0 aromatic carbocycles. The lowest BCUT2D eigenvalue weighted by atomic mass is 10.3. The zero-order chi connectivity index (χ0) is 14.0. The second-order valence-corrected chi connectivity index (χ2v) is 13.9. The van der Waals surface area contributed by atoms with Crippen LogP contribution in [-0.4, -0.2) is 38.6 Å². The molecule has 1 rings (SSSR count). The van der Waals surface area contributed by atoms with E-state index in [0.717, 1.165) is 6.17 Å². The number of aromatic nitrogens is 3. The monoisotopic (exact) mass is 286 g/mol. The summed E-state index contributed by atoms with van der Waals surface area (Å²) in [6, 6.07) is 0. The predicted molar refractivity (Wildman–Crippen MR) is 78.9 cm³/mol. The normalized spacial score (nSPS) is 15.3. The summed E-state index contributed by atoms with van der Waals surface area (Å²) in [4.78, 5) is 0. The lowest BCUT2D eigenvalue weighted by molar-refractivity contribution is 0.562. The molecule has 5 nitrogen and oxygen atoms in total. The lowest BCUT2D eigenvalue weighted by Gasteiger charge is -2.17. The molecule has 1 atom stereocenters. The van der Waals surface area contributed by atoms with E-state index in [9.17, 15) is 4.55 Å². The van der Waals surface area contributed by atoms with Crippen LogP contribution in [0.25, 0.3) is 0 Å². The van der Waals surface area contributed by atoms with Crippen molar-refractivity contribution < 1.29 is 4.55 Å². The van der Waals surface area contributed by atoms with Crippen molar-refractivity contribution in [2.75, 3.05) is 0 Å². The Morgan fingerprint density at radius 3 is 2.56 bits per heavy atom. The molecule has 0 aliphatic carbocycles. The van der Waals surface area contributed by atoms with Gasteiger partial charge in [-0.3, -0.25) is 4.68 Å². The third-order valence-corrected chi connectivity index (χ3v) is 4.61. The second-order valence-electron chi connectivity index (χ2n) is 6.50. The zero-order valence-corrected chi connectivity index (χ0v) is 13.8. The second kappa shape index (κ2) is 5.54. The van der Waals surface area contributed by atoms with Crippen LogP contribution in [0.2, 0.25) is 19.6 Å². The van der Waals surface area contributed by atoms with Gasteiger partial charge in [-0.25, -0.2) is 0 Å². The van der Waals surface area contributed by atoms with E-state index in [-0.39, 0.29) is 4.75 Å². The highest BCUT2D eigenvalue weighted by Crippen LogP contribution is 2.16. The van der Waals surface area contributed by atoms with Crippen LogP contribution in [0, 0.1) is 0 Å². The summed E-state index contributed by atoms with van der Waals surface area (Å²) in [7, 11) is -1.20. The van der Waals surface area contributed by atoms with Gasteiger partial charge in [-0.2, -0.15) is 0 Å². The number of nitrogens with zero attached hydrogens (tertiary/aromatic N) is 4. The molecule has 0 amide bonds. The first-order valence-corrected chi connectivity index (χ1v) is 10.8. The van der Waals surface area contributed by atoms with Crippen molar-refractivity contribution in [1.29, 1.82) is 0 Å². The molecule has 0 bridgehead atoms. The van der Waals surface area contributed by atoms with E-state index in [1.165, 1.54) is 6.21 Å². The van der Waals surface area contributed by atoms with Crippen LogP contribution >= 0.6 is 0 Å². The summed E-state index contributed by atoms with van der Waals surface area (Å²) in [6.07, 6.45) is 4.31. The van der Waals surface area contributed by atoms with Gasteiger partial charge < -0.3 is 4.55 Å². The minimum Gasteiger partial charge on any atom is -0.591 e. The van der Waals surface area contributed by atoms with E-state index in [1.54, 1.807) is 0 Å². The summed E-state index contributed by atoms with van der Waals surface area (Å²) in [5.74, 6) is 0. The van der Waals surface area contributed by atoms with Crippen LogP contribution in [0.5, 0.6) is 0 Å². The summed E-state index contributed by atoms with van der Waals surface area (Å²) in [6.45, 7) is 12.5. The van der Waals surface area contributed by atoms with Gasteiger partial charge in [0.25, 0.3) is 0 Å². The molecule has 0 aliphatic heterocycles. The maximum atomic E-state index is 11.7. The van der Waals surface area contributed by atoms with E-state index in [0.29, 0.717) is 5.69 Å². The molecule has 1 heterocycles. The van der Waals surface area contributed by atoms with Crippen LogP contribution in [0.15, 0.2) is 10.6 Å². The van der Waals surface area contributed by atoms with Crippen molar-refractivity contribution in [1.82, 2.24) is 15.0 Å². The van der Waals surface area contributed by atoms with E-state index in [4.69, 9.17) is 0 Å². The Labute approximate surface area is 113 Å². The summed E-state index contributed by atoms with van der Waals surface area (Å²) >= 11 is -1.25. The molecule has 1 aromatic heterocycles. The van der Waals surface area contributed by atoms with Crippen molar-refractivity contribution in [3.05, 3.63) is 11.9 Å². The smallest absolute Gasteiger partial charge is 0.144 e.